The largest absolute Gasteiger partial charge is 0.573 e. The van der Waals surface area contributed by atoms with Gasteiger partial charge < -0.3 is 9.15 Å². The van der Waals surface area contributed by atoms with Crippen molar-refractivity contribution < 1.29 is 30.7 Å². The van der Waals surface area contributed by atoms with Crippen LogP contribution in [0.4, 0.5) is 13.2 Å². The fourth-order valence-electron chi connectivity index (χ4n) is 2.35. The first-order valence-corrected chi connectivity index (χ1v) is 10.0. The van der Waals surface area contributed by atoms with E-state index < -0.39 is 22.1 Å². The van der Waals surface area contributed by atoms with Gasteiger partial charge in [-0.1, -0.05) is 0 Å². The van der Waals surface area contributed by atoms with Crippen LogP contribution >= 0.6 is 11.3 Å². The topological polar surface area (TPSA) is 59.8 Å². The molecule has 0 amide bonds. The molecule has 0 saturated carbocycles. The molecule has 144 valence electrons. The molecule has 0 aliphatic carbocycles. The summed E-state index contributed by atoms with van der Waals surface area (Å²) in [5.74, 6) is -0.0392. The van der Waals surface area contributed by atoms with Crippen molar-refractivity contribution in [1.82, 2.24) is 4.31 Å². The van der Waals surface area contributed by atoms with Crippen LogP contribution < -0.4 is 4.74 Å². The molecule has 27 heavy (non-hydrogen) atoms. The van der Waals surface area contributed by atoms with Gasteiger partial charge in [0, 0.05) is 6.54 Å². The summed E-state index contributed by atoms with van der Waals surface area (Å²) in [6, 6.07) is 9.20. The second-order valence-corrected chi connectivity index (χ2v) is 8.22. The lowest BCUT2D eigenvalue weighted by Gasteiger charge is -2.21. The highest BCUT2D eigenvalue weighted by Gasteiger charge is 2.31. The van der Waals surface area contributed by atoms with Crippen LogP contribution in [-0.4, -0.2) is 19.1 Å². The Kier molecular flexibility index (Phi) is 5.59. The minimum Gasteiger partial charge on any atom is -0.468 e. The monoisotopic (exact) mass is 417 g/mol. The number of alkyl halides is 3. The Morgan fingerprint density at radius 3 is 2.37 bits per heavy atom. The van der Waals surface area contributed by atoms with Gasteiger partial charge in [0.1, 0.15) is 11.5 Å². The Labute approximate surface area is 157 Å². The van der Waals surface area contributed by atoms with E-state index >= 15 is 0 Å². The van der Waals surface area contributed by atoms with Crippen molar-refractivity contribution in [3.05, 3.63) is 70.8 Å². The highest BCUT2D eigenvalue weighted by Crippen LogP contribution is 2.27. The molecule has 0 N–H and O–H groups in total. The zero-order chi connectivity index (χ0) is 19.5. The summed E-state index contributed by atoms with van der Waals surface area (Å²) in [5, 5.41) is 3.65. The SMILES string of the molecule is O=S(=O)(c1ccc(OC(F)(F)F)cc1)N(Cc1ccsc1)Cc1ccco1. The van der Waals surface area contributed by atoms with Crippen molar-refractivity contribution in [2.75, 3.05) is 0 Å². The molecule has 1 aromatic carbocycles. The maximum atomic E-state index is 13.0. The predicted molar refractivity (Wildman–Crippen MR) is 92.6 cm³/mol. The molecule has 0 aliphatic rings. The molecule has 0 unspecified atom stereocenters. The molecule has 0 aliphatic heterocycles. The van der Waals surface area contributed by atoms with Crippen LogP contribution in [0.2, 0.25) is 0 Å². The molecule has 0 spiro atoms. The number of hydrogen-bond donors (Lipinski definition) is 0. The van der Waals surface area contributed by atoms with Crippen LogP contribution in [0.3, 0.4) is 0 Å². The molecule has 3 aromatic rings. The molecule has 0 fully saturated rings. The fourth-order valence-corrected chi connectivity index (χ4v) is 4.41. The van der Waals surface area contributed by atoms with Gasteiger partial charge in [-0.05, 0) is 58.8 Å². The Bertz CT molecular complexity index is 915. The normalized spacial score (nSPS) is 12.4. The van der Waals surface area contributed by atoms with Crippen molar-refractivity contribution >= 4 is 21.4 Å². The maximum Gasteiger partial charge on any atom is 0.573 e. The molecule has 2 heterocycles. The number of rotatable bonds is 7. The van der Waals surface area contributed by atoms with Crippen LogP contribution in [0.25, 0.3) is 0 Å². The van der Waals surface area contributed by atoms with Gasteiger partial charge in [0.25, 0.3) is 0 Å². The number of benzene rings is 1. The van der Waals surface area contributed by atoms with Crippen molar-refractivity contribution in [2.45, 2.75) is 24.3 Å². The van der Waals surface area contributed by atoms with Crippen molar-refractivity contribution in [1.29, 1.82) is 0 Å². The van der Waals surface area contributed by atoms with E-state index in [-0.39, 0.29) is 18.0 Å². The van der Waals surface area contributed by atoms with Crippen molar-refractivity contribution in [3.63, 3.8) is 0 Å². The maximum absolute atomic E-state index is 13.0. The lowest BCUT2D eigenvalue weighted by atomic mass is 10.3. The van der Waals surface area contributed by atoms with Crippen LogP contribution in [0, 0.1) is 0 Å². The van der Waals surface area contributed by atoms with E-state index in [4.69, 9.17) is 4.42 Å². The molecular weight excluding hydrogens is 403 g/mol. The van der Waals surface area contributed by atoms with E-state index in [1.165, 1.54) is 21.9 Å². The third-order valence-corrected chi connectivity index (χ3v) is 6.08. The number of halogens is 3. The molecule has 0 saturated heterocycles. The third kappa shape index (κ3) is 5.12. The number of hydrogen-bond acceptors (Lipinski definition) is 5. The highest BCUT2D eigenvalue weighted by atomic mass is 32.2. The smallest absolute Gasteiger partial charge is 0.468 e. The summed E-state index contributed by atoms with van der Waals surface area (Å²) < 4.78 is 73.0. The summed E-state index contributed by atoms with van der Waals surface area (Å²) in [7, 11) is -3.97. The van der Waals surface area contributed by atoms with Gasteiger partial charge in [0.15, 0.2) is 0 Å². The Hall–Kier alpha value is -2.30. The van der Waals surface area contributed by atoms with Crippen LogP contribution in [0.1, 0.15) is 11.3 Å². The molecule has 0 bridgehead atoms. The minimum absolute atomic E-state index is 0.00795. The first-order chi connectivity index (χ1) is 12.7. The summed E-state index contributed by atoms with van der Waals surface area (Å²) >= 11 is 1.44. The Morgan fingerprint density at radius 1 is 1.07 bits per heavy atom. The van der Waals surface area contributed by atoms with E-state index in [9.17, 15) is 21.6 Å². The number of sulfonamides is 1. The van der Waals surface area contributed by atoms with Gasteiger partial charge in [-0.2, -0.15) is 15.6 Å². The Morgan fingerprint density at radius 2 is 1.81 bits per heavy atom. The van der Waals surface area contributed by atoms with Crippen LogP contribution in [0.5, 0.6) is 5.75 Å². The molecule has 0 radical (unpaired) electrons. The van der Waals surface area contributed by atoms with Gasteiger partial charge in [-0.15, -0.1) is 13.2 Å². The van der Waals surface area contributed by atoms with E-state index in [1.807, 2.05) is 10.8 Å². The Balaban J connectivity index is 1.87. The van der Waals surface area contributed by atoms with Crippen molar-refractivity contribution in [3.8, 4) is 5.75 Å². The first kappa shape index (κ1) is 19.5. The highest BCUT2D eigenvalue weighted by molar-refractivity contribution is 7.89. The molecular formula is C17H14F3NO4S2. The molecule has 0 atom stereocenters. The lowest BCUT2D eigenvalue weighted by molar-refractivity contribution is -0.274. The van der Waals surface area contributed by atoms with Crippen LogP contribution in [0.15, 0.2) is 68.8 Å². The summed E-state index contributed by atoms with van der Waals surface area (Å²) in [6.07, 6.45) is -3.40. The minimum atomic E-state index is -4.84. The zero-order valence-electron chi connectivity index (χ0n) is 13.7. The molecule has 2 aromatic heterocycles. The van der Waals surface area contributed by atoms with Crippen molar-refractivity contribution in [2.24, 2.45) is 0 Å². The summed E-state index contributed by atoms with van der Waals surface area (Å²) in [6.45, 7) is 0.0965. The second kappa shape index (κ2) is 7.75. The molecule has 10 heteroatoms. The number of ether oxygens (including phenoxy) is 1. The quantitative estimate of drug-likeness (QED) is 0.562. The van der Waals surface area contributed by atoms with Gasteiger partial charge in [0.05, 0.1) is 17.7 Å². The number of nitrogens with zero attached hydrogens (tertiary/aromatic N) is 1. The van der Waals surface area contributed by atoms with E-state index in [2.05, 4.69) is 4.74 Å². The average molecular weight is 417 g/mol. The van der Waals surface area contributed by atoms with Gasteiger partial charge in [-0.25, -0.2) is 8.42 Å². The van der Waals surface area contributed by atoms with Gasteiger partial charge in [0.2, 0.25) is 10.0 Å². The average Bonchev–Trinajstić information content (AvgIpc) is 3.27. The molecule has 5 nitrogen and oxygen atoms in total. The number of thiophene rings is 1. The summed E-state index contributed by atoms with van der Waals surface area (Å²) in [5.41, 5.74) is 0.798. The van der Waals surface area contributed by atoms with Crippen LogP contribution in [-0.2, 0) is 23.1 Å². The standard InChI is InChI=1S/C17H14F3NO4S2/c18-17(19,20)25-14-3-5-16(6-4-14)27(22,23)21(10-13-7-9-26-12-13)11-15-2-1-8-24-15/h1-9,12H,10-11H2. The van der Waals surface area contributed by atoms with E-state index in [1.54, 1.807) is 18.2 Å². The fraction of sp³-hybridized carbons (Fsp3) is 0.176. The third-order valence-electron chi connectivity index (χ3n) is 3.55. The lowest BCUT2D eigenvalue weighted by Crippen LogP contribution is -2.30. The van der Waals surface area contributed by atoms with E-state index in [0.29, 0.717) is 5.76 Å². The molecule has 3 rings (SSSR count). The van der Waals surface area contributed by atoms with Gasteiger partial charge >= 0.3 is 6.36 Å². The predicted octanol–water partition coefficient (Wildman–Crippen LogP) is 4.63. The second-order valence-electron chi connectivity index (χ2n) is 5.50. The zero-order valence-corrected chi connectivity index (χ0v) is 15.4. The van der Waals surface area contributed by atoms with Gasteiger partial charge in [-0.3, -0.25) is 0 Å². The summed E-state index contributed by atoms with van der Waals surface area (Å²) in [4.78, 5) is -0.140. The first-order valence-electron chi connectivity index (χ1n) is 7.63. The number of furan rings is 1. The van der Waals surface area contributed by atoms with E-state index in [0.717, 1.165) is 29.8 Å².